The smallest absolute Gasteiger partial charge is 0.155 e. The van der Waals surface area contributed by atoms with E-state index in [4.69, 9.17) is 0 Å². The van der Waals surface area contributed by atoms with Gasteiger partial charge in [-0.2, -0.15) is 0 Å². The van der Waals surface area contributed by atoms with Crippen molar-refractivity contribution in [1.29, 1.82) is 0 Å². The van der Waals surface area contributed by atoms with Crippen LogP contribution in [0.4, 0.5) is 0 Å². The molecule has 0 aliphatic heterocycles. The van der Waals surface area contributed by atoms with Crippen LogP contribution >= 0.6 is 0 Å². The molecule has 5 heteroatoms. The van der Waals surface area contributed by atoms with Gasteiger partial charge in [0.05, 0.1) is 6.10 Å². The van der Waals surface area contributed by atoms with Crippen LogP contribution in [0, 0.1) is 69.0 Å². The number of hydrogen-bond donors (Lipinski definition) is 1. The van der Waals surface area contributed by atoms with Crippen molar-refractivity contribution >= 4 is 23.1 Å². The highest BCUT2D eigenvalue weighted by Gasteiger charge is 2.63. The van der Waals surface area contributed by atoms with Crippen LogP contribution in [0.3, 0.4) is 0 Å². The van der Waals surface area contributed by atoms with E-state index in [1.165, 1.54) is 36.8 Å². The van der Waals surface area contributed by atoms with Crippen LogP contribution in [0.2, 0.25) is 0 Å². The van der Waals surface area contributed by atoms with Crippen molar-refractivity contribution in [3.63, 3.8) is 0 Å². The fourth-order valence-electron chi connectivity index (χ4n) is 14.6. The fraction of sp³-hybridized carbons (Fsp3) is 0.810. The summed E-state index contributed by atoms with van der Waals surface area (Å²) in [7, 11) is 0. The maximum atomic E-state index is 12.2. The van der Waals surface area contributed by atoms with Gasteiger partial charge in [0, 0.05) is 24.7 Å². The van der Waals surface area contributed by atoms with Gasteiger partial charge in [-0.25, -0.2) is 0 Å². The normalized spacial score (nSPS) is 49.8. The number of Topliss-reactive ketones (excluding diaryl/α,β-unsaturated/α-hetero) is 2. The molecule has 13 atom stereocenters. The minimum absolute atomic E-state index is 0.0219. The Kier molecular flexibility index (Phi) is 8.29. The van der Waals surface area contributed by atoms with Gasteiger partial charge in [0.15, 0.2) is 11.6 Å². The Balaban J connectivity index is 0.000000150. The van der Waals surface area contributed by atoms with Gasteiger partial charge in [0.1, 0.15) is 11.6 Å². The van der Waals surface area contributed by atoms with Gasteiger partial charge < -0.3 is 5.11 Å². The van der Waals surface area contributed by atoms with E-state index >= 15 is 0 Å². The molecule has 47 heavy (non-hydrogen) atoms. The van der Waals surface area contributed by atoms with Crippen molar-refractivity contribution in [2.75, 3.05) is 0 Å². The summed E-state index contributed by atoms with van der Waals surface area (Å²) in [6.45, 7) is 12.9. The average Bonchev–Trinajstić information content (AvgIpc) is 3.54. The van der Waals surface area contributed by atoms with Crippen LogP contribution < -0.4 is 0 Å². The van der Waals surface area contributed by atoms with E-state index in [9.17, 15) is 24.3 Å². The second-order valence-corrected chi connectivity index (χ2v) is 18.7. The van der Waals surface area contributed by atoms with Crippen LogP contribution in [0.15, 0.2) is 23.3 Å². The number of rotatable bonds is 2. The molecule has 258 valence electrons. The Bertz CT molecular complexity index is 1420. The number of carbonyl (C=O) groups excluding carboxylic acids is 4. The summed E-state index contributed by atoms with van der Waals surface area (Å²) in [5.74, 6) is 5.28. The van der Waals surface area contributed by atoms with Crippen LogP contribution in [-0.4, -0.2) is 34.3 Å². The summed E-state index contributed by atoms with van der Waals surface area (Å²) in [5, 5.41) is 11.2. The molecule has 12 unspecified atom stereocenters. The Morgan fingerprint density at radius 1 is 0.617 bits per heavy atom. The van der Waals surface area contributed by atoms with E-state index in [0.29, 0.717) is 41.5 Å². The second-order valence-electron chi connectivity index (χ2n) is 18.7. The zero-order chi connectivity index (χ0) is 33.7. The SMILES string of the molecule is CC(=O)C1CCC2C3CCC4=CC(=O)CCC4(C)C3CCC12C.CC(=O)C1CCC2C3CCC4=CC(=O)CCC4(C)C3[C@H](O)CC12C. The number of carbonyl (C=O) groups is 4. The minimum atomic E-state index is -0.349. The lowest BCUT2D eigenvalue weighted by Gasteiger charge is -2.59. The summed E-state index contributed by atoms with van der Waals surface area (Å²) in [4.78, 5) is 48.1. The highest BCUT2D eigenvalue weighted by atomic mass is 16.3. The predicted molar refractivity (Wildman–Crippen MR) is 183 cm³/mol. The molecule has 5 nitrogen and oxygen atoms in total. The first-order valence-electron chi connectivity index (χ1n) is 19.3. The fourth-order valence-corrected chi connectivity index (χ4v) is 14.6. The van der Waals surface area contributed by atoms with Crippen molar-refractivity contribution in [3.05, 3.63) is 23.3 Å². The minimum Gasteiger partial charge on any atom is -0.393 e. The average molecular weight is 645 g/mol. The first-order chi connectivity index (χ1) is 22.1. The highest BCUT2D eigenvalue weighted by Crippen LogP contribution is 2.68. The maximum Gasteiger partial charge on any atom is 0.155 e. The van der Waals surface area contributed by atoms with Gasteiger partial charge in [-0.15, -0.1) is 0 Å². The van der Waals surface area contributed by atoms with Gasteiger partial charge in [0.25, 0.3) is 0 Å². The molecular weight excluding hydrogens is 584 g/mol. The first-order valence-corrected chi connectivity index (χ1v) is 19.3. The number of ketones is 4. The van der Waals surface area contributed by atoms with E-state index < -0.39 is 0 Å². The molecule has 0 radical (unpaired) electrons. The van der Waals surface area contributed by atoms with Crippen LogP contribution in [0.25, 0.3) is 0 Å². The van der Waals surface area contributed by atoms with Crippen LogP contribution in [0.1, 0.15) is 138 Å². The molecule has 0 saturated heterocycles. The zero-order valence-corrected chi connectivity index (χ0v) is 30.0. The number of allylic oxidation sites excluding steroid dienone is 2. The first kappa shape index (κ1) is 33.6. The Hall–Kier alpha value is -1.88. The van der Waals surface area contributed by atoms with Crippen molar-refractivity contribution in [2.45, 2.75) is 144 Å². The second kappa shape index (κ2) is 11.6. The van der Waals surface area contributed by atoms with Gasteiger partial charge in [-0.05, 0) is 167 Å². The maximum absolute atomic E-state index is 12.2. The standard InChI is InChI=1S/C21H30O3.C21H30O2/c1-12(22)16-6-7-17-15-5-4-13-10-14(23)8-9-20(13,2)19(15)18(24)11-21(16,17)3;1-13(22)17-6-7-18-16-5-4-14-12-15(23)8-10-20(14,2)19(16)9-11-21(17,18)3/h10,15-19,24H,4-9,11H2,1-3H3;12,16-19H,4-11H2,1-3H3/t15?,16?,17?,18-,19?,20?,21?;/m1./s1. The lowest BCUT2D eigenvalue weighted by atomic mass is 9.46. The molecule has 0 aromatic rings. The van der Waals surface area contributed by atoms with Crippen molar-refractivity contribution < 1.29 is 24.3 Å². The van der Waals surface area contributed by atoms with Crippen molar-refractivity contribution in [2.24, 2.45) is 69.0 Å². The molecule has 0 aromatic carbocycles. The molecular formula is C42H60O5. The molecule has 8 rings (SSSR count). The van der Waals surface area contributed by atoms with Crippen molar-refractivity contribution in [1.82, 2.24) is 0 Å². The van der Waals surface area contributed by atoms with E-state index in [-0.39, 0.29) is 45.4 Å². The molecule has 8 aliphatic carbocycles. The largest absolute Gasteiger partial charge is 0.393 e. The summed E-state index contributed by atoms with van der Waals surface area (Å²) < 4.78 is 0. The third kappa shape index (κ3) is 5.00. The van der Waals surface area contributed by atoms with Gasteiger partial charge in [-0.3, -0.25) is 19.2 Å². The Morgan fingerprint density at radius 3 is 1.72 bits per heavy atom. The van der Waals surface area contributed by atoms with E-state index in [0.717, 1.165) is 82.0 Å². The van der Waals surface area contributed by atoms with Gasteiger partial charge in [-0.1, -0.05) is 38.8 Å². The molecule has 1 N–H and O–H groups in total. The lowest BCUT2D eigenvalue weighted by Crippen LogP contribution is -2.56. The quantitative estimate of drug-likeness (QED) is 0.326. The number of aliphatic hydroxyl groups excluding tert-OH is 1. The number of fused-ring (bicyclic) bond motifs is 10. The summed E-state index contributed by atoms with van der Waals surface area (Å²) in [5.41, 5.74) is 3.17. The molecule has 0 spiro atoms. The predicted octanol–water partition coefficient (Wildman–Crippen LogP) is 8.42. The molecule has 0 aromatic heterocycles. The van der Waals surface area contributed by atoms with Crippen LogP contribution in [0.5, 0.6) is 0 Å². The van der Waals surface area contributed by atoms with E-state index in [1.54, 1.807) is 13.8 Å². The van der Waals surface area contributed by atoms with E-state index in [2.05, 4.69) is 27.7 Å². The van der Waals surface area contributed by atoms with Gasteiger partial charge >= 0.3 is 0 Å². The Morgan fingerprint density at radius 2 is 1.13 bits per heavy atom. The molecule has 8 aliphatic rings. The number of hydrogen-bond acceptors (Lipinski definition) is 5. The van der Waals surface area contributed by atoms with E-state index in [1.807, 2.05) is 12.2 Å². The van der Waals surface area contributed by atoms with Gasteiger partial charge in [0.2, 0.25) is 0 Å². The monoisotopic (exact) mass is 644 g/mol. The molecule has 0 amide bonds. The summed E-state index contributed by atoms with van der Waals surface area (Å²) in [6.07, 6.45) is 18.9. The van der Waals surface area contributed by atoms with Crippen LogP contribution in [-0.2, 0) is 19.2 Å². The molecule has 6 saturated carbocycles. The third-order valence-corrected chi connectivity index (χ3v) is 16.8. The Labute approximate surface area is 283 Å². The number of aliphatic hydroxyl groups is 1. The highest BCUT2D eigenvalue weighted by molar-refractivity contribution is 5.92. The summed E-state index contributed by atoms with van der Waals surface area (Å²) in [6, 6.07) is 0. The molecule has 6 fully saturated rings. The third-order valence-electron chi connectivity index (χ3n) is 16.8. The molecule has 0 heterocycles. The van der Waals surface area contributed by atoms with Crippen molar-refractivity contribution in [3.8, 4) is 0 Å². The topological polar surface area (TPSA) is 88.5 Å². The zero-order valence-electron chi connectivity index (χ0n) is 30.0. The summed E-state index contributed by atoms with van der Waals surface area (Å²) >= 11 is 0. The molecule has 0 bridgehead atoms. The lowest BCUT2D eigenvalue weighted by molar-refractivity contribution is -0.143.